The lowest BCUT2D eigenvalue weighted by Gasteiger charge is -2.33. The SMILES string of the molecule is CN1CC[C@@](O)(C#Cc2cccc(-c3cc(N4CCC4)c4ncnc(N)c4n3)c2)C1=O. The minimum Gasteiger partial charge on any atom is -0.382 e. The van der Waals surface area contributed by atoms with E-state index in [0.717, 1.165) is 42.0 Å². The van der Waals surface area contributed by atoms with E-state index in [1.165, 1.54) is 11.2 Å². The maximum absolute atomic E-state index is 12.2. The van der Waals surface area contributed by atoms with Crippen molar-refractivity contribution in [2.24, 2.45) is 0 Å². The Kier molecular flexibility index (Phi) is 4.49. The van der Waals surface area contributed by atoms with E-state index in [9.17, 15) is 9.90 Å². The highest BCUT2D eigenvalue weighted by atomic mass is 16.3. The van der Waals surface area contributed by atoms with Crippen LogP contribution in [0.15, 0.2) is 36.7 Å². The zero-order chi connectivity index (χ0) is 21.6. The van der Waals surface area contributed by atoms with Crippen molar-refractivity contribution in [2.45, 2.75) is 18.4 Å². The maximum Gasteiger partial charge on any atom is 0.267 e. The van der Waals surface area contributed by atoms with Gasteiger partial charge in [0.05, 0.1) is 11.4 Å². The van der Waals surface area contributed by atoms with Crippen LogP contribution in [0.1, 0.15) is 18.4 Å². The Morgan fingerprint density at radius 1 is 1.16 bits per heavy atom. The van der Waals surface area contributed by atoms with Crippen molar-refractivity contribution in [3.05, 3.63) is 42.2 Å². The van der Waals surface area contributed by atoms with Gasteiger partial charge in [0, 0.05) is 44.2 Å². The summed E-state index contributed by atoms with van der Waals surface area (Å²) in [6, 6.07) is 9.59. The number of benzene rings is 1. The van der Waals surface area contributed by atoms with Gasteiger partial charge in [-0.1, -0.05) is 24.0 Å². The number of rotatable bonds is 2. The van der Waals surface area contributed by atoms with Crippen molar-refractivity contribution in [1.29, 1.82) is 0 Å². The van der Waals surface area contributed by atoms with Gasteiger partial charge < -0.3 is 20.6 Å². The third-order valence-corrected chi connectivity index (χ3v) is 5.88. The first-order valence-electron chi connectivity index (χ1n) is 10.2. The van der Waals surface area contributed by atoms with Crippen LogP contribution in [-0.4, -0.2) is 63.1 Å². The summed E-state index contributed by atoms with van der Waals surface area (Å²) < 4.78 is 0. The number of carbonyl (C=O) groups excluding carboxylic acids is 1. The number of hydrogen-bond donors (Lipinski definition) is 2. The molecule has 0 radical (unpaired) electrons. The minimum atomic E-state index is -1.62. The van der Waals surface area contributed by atoms with Crippen LogP contribution in [0.5, 0.6) is 0 Å². The Morgan fingerprint density at radius 3 is 2.71 bits per heavy atom. The normalized spacial score (nSPS) is 20.5. The zero-order valence-electron chi connectivity index (χ0n) is 17.2. The van der Waals surface area contributed by atoms with E-state index in [1.54, 1.807) is 7.05 Å². The van der Waals surface area contributed by atoms with Gasteiger partial charge in [0.15, 0.2) is 5.82 Å². The third kappa shape index (κ3) is 3.33. The van der Waals surface area contributed by atoms with Crippen molar-refractivity contribution in [1.82, 2.24) is 19.9 Å². The highest BCUT2D eigenvalue weighted by Gasteiger charge is 2.42. The highest BCUT2D eigenvalue weighted by Crippen LogP contribution is 2.33. The highest BCUT2D eigenvalue weighted by molar-refractivity contribution is 5.96. The molecule has 0 spiro atoms. The van der Waals surface area contributed by atoms with Gasteiger partial charge in [0.1, 0.15) is 17.4 Å². The quantitative estimate of drug-likeness (QED) is 0.611. The number of likely N-dealkylation sites (N-methyl/N-ethyl adjacent to an activating group) is 1. The number of likely N-dealkylation sites (tertiary alicyclic amines) is 1. The number of aromatic nitrogens is 3. The summed E-state index contributed by atoms with van der Waals surface area (Å²) in [4.78, 5) is 29.1. The third-order valence-electron chi connectivity index (χ3n) is 5.88. The maximum atomic E-state index is 12.2. The summed E-state index contributed by atoms with van der Waals surface area (Å²) in [6.07, 6.45) is 2.91. The van der Waals surface area contributed by atoms with Crippen LogP contribution in [0.2, 0.25) is 0 Å². The molecule has 0 saturated carbocycles. The molecule has 0 aliphatic carbocycles. The number of hydrogen-bond acceptors (Lipinski definition) is 7. The molecule has 5 rings (SSSR count). The average Bonchev–Trinajstić information content (AvgIpc) is 3.00. The average molecular weight is 414 g/mol. The summed E-state index contributed by atoms with van der Waals surface area (Å²) in [5.41, 5.74) is 9.09. The summed E-state index contributed by atoms with van der Waals surface area (Å²) in [6.45, 7) is 2.43. The van der Waals surface area contributed by atoms with Crippen molar-refractivity contribution in [3.8, 4) is 23.1 Å². The number of amides is 1. The van der Waals surface area contributed by atoms with Crippen molar-refractivity contribution in [3.63, 3.8) is 0 Å². The van der Waals surface area contributed by atoms with E-state index in [4.69, 9.17) is 10.7 Å². The van der Waals surface area contributed by atoms with Crippen LogP contribution in [0.4, 0.5) is 11.5 Å². The van der Waals surface area contributed by atoms with Gasteiger partial charge in [0.2, 0.25) is 5.60 Å². The number of nitrogen functional groups attached to an aromatic ring is 1. The first kappa shape index (κ1) is 19.3. The van der Waals surface area contributed by atoms with Crippen molar-refractivity contribution >= 4 is 28.4 Å². The molecule has 156 valence electrons. The van der Waals surface area contributed by atoms with Gasteiger partial charge in [-0.15, -0.1) is 0 Å². The van der Waals surface area contributed by atoms with Crippen LogP contribution in [0, 0.1) is 11.8 Å². The monoisotopic (exact) mass is 414 g/mol. The summed E-state index contributed by atoms with van der Waals surface area (Å²) in [7, 11) is 1.67. The Morgan fingerprint density at radius 2 is 2.00 bits per heavy atom. The number of fused-ring (bicyclic) bond motifs is 1. The Labute approximate surface area is 179 Å². The number of carbonyl (C=O) groups is 1. The fourth-order valence-electron chi connectivity index (χ4n) is 3.89. The smallest absolute Gasteiger partial charge is 0.267 e. The molecule has 2 saturated heterocycles. The largest absolute Gasteiger partial charge is 0.382 e. The number of nitrogens with two attached hydrogens (primary N) is 1. The molecule has 8 nitrogen and oxygen atoms in total. The van der Waals surface area contributed by atoms with Crippen LogP contribution < -0.4 is 10.6 Å². The lowest BCUT2D eigenvalue weighted by Crippen LogP contribution is -2.37. The standard InChI is InChI=1S/C23H22N6O2/c1-28-11-8-23(31,22(28)30)7-6-15-4-2-5-16(12-15)17-13-18(29-9-3-10-29)19-20(27-17)21(24)26-14-25-19/h2,4-5,12-14,31H,3,8-11H2,1H3,(H2,24,25,26)/t23-/m0/s1. The molecule has 1 atom stereocenters. The minimum absolute atomic E-state index is 0.305. The Balaban J connectivity index is 1.56. The number of anilines is 2. The van der Waals surface area contributed by atoms with Gasteiger partial charge in [-0.25, -0.2) is 15.0 Å². The fraction of sp³-hybridized carbons (Fsp3) is 0.304. The van der Waals surface area contributed by atoms with Gasteiger partial charge in [-0.05, 0) is 24.6 Å². The predicted octanol–water partition coefficient (Wildman–Crippen LogP) is 1.43. The first-order chi connectivity index (χ1) is 14.9. The van der Waals surface area contributed by atoms with Crippen LogP contribution >= 0.6 is 0 Å². The molecule has 0 bridgehead atoms. The molecule has 3 N–H and O–H groups in total. The molecule has 8 heteroatoms. The van der Waals surface area contributed by atoms with Gasteiger partial charge in [-0.3, -0.25) is 4.79 Å². The lowest BCUT2D eigenvalue weighted by molar-refractivity contribution is -0.137. The molecule has 1 amide bonds. The van der Waals surface area contributed by atoms with Crippen LogP contribution in [0.25, 0.3) is 22.3 Å². The van der Waals surface area contributed by atoms with E-state index in [-0.39, 0.29) is 5.91 Å². The molecule has 2 fully saturated rings. The summed E-state index contributed by atoms with van der Waals surface area (Å²) in [5, 5.41) is 10.5. The zero-order valence-corrected chi connectivity index (χ0v) is 17.2. The van der Waals surface area contributed by atoms with Gasteiger partial charge in [0.25, 0.3) is 5.91 Å². The molecule has 4 heterocycles. The second-order valence-electron chi connectivity index (χ2n) is 7.99. The lowest BCUT2D eigenvalue weighted by atomic mass is 10.0. The molecule has 3 aromatic rings. The van der Waals surface area contributed by atoms with E-state index in [0.29, 0.717) is 29.9 Å². The second kappa shape index (κ2) is 7.22. The fourth-order valence-corrected chi connectivity index (χ4v) is 3.89. The summed E-state index contributed by atoms with van der Waals surface area (Å²) in [5.74, 6) is 5.71. The number of aliphatic hydroxyl groups is 1. The molecule has 2 aliphatic heterocycles. The van der Waals surface area contributed by atoms with E-state index in [1.807, 2.05) is 30.3 Å². The first-order valence-corrected chi connectivity index (χ1v) is 10.2. The predicted molar refractivity (Wildman–Crippen MR) is 118 cm³/mol. The van der Waals surface area contributed by atoms with Crippen LogP contribution in [0.3, 0.4) is 0 Å². The van der Waals surface area contributed by atoms with Crippen molar-refractivity contribution < 1.29 is 9.90 Å². The van der Waals surface area contributed by atoms with E-state index < -0.39 is 5.60 Å². The van der Waals surface area contributed by atoms with E-state index in [2.05, 4.69) is 26.7 Å². The molecule has 2 aliphatic rings. The molecular weight excluding hydrogens is 392 g/mol. The van der Waals surface area contributed by atoms with E-state index >= 15 is 0 Å². The molecule has 31 heavy (non-hydrogen) atoms. The van der Waals surface area contributed by atoms with Gasteiger partial charge in [-0.2, -0.15) is 0 Å². The number of nitrogens with zero attached hydrogens (tertiary/aromatic N) is 5. The Bertz CT molecular complexity index is 1260. The number of pyridine rings is 1. The van der Waals surface area contributed by atoms with Gasteiger partial charge >= 0.3 is 0 Å². The topological polar surface area (TPSA) is 108 Å². The molecular formula is C23H22N6O2. The van der Waals surface area contributed by atoms with Crippen molar-refractivity contribution in [2.75, 3.05) is 37.3 Å². The second-order valence-corrected chi connectivity index (χ2v) is 7.99. The summed E-state index contributed by atoms with van der Waals surface area (Å²) >= 11 is 0. The molecule has 1 aromatic carbocycles. The molecule has 2 aromatic heterocycles. The Hall–Kier alpha value is -3.70. The molecule has 0 unspecified atom stereocenters. The van der Waals surface area contributed by atoms with Crippen LogP contribution in [-0.2, 0) is 4.79 Å².